The molecular formula is C24H21F3N4O3S. The molecule has 3 N–H and O–H groups in total. The minimum atomic E-state index is -4.51. The van der Waals surface area contributed by atoms with Gasteiger partial charge in [-0.05, 0) is 42.7 Å². The fourth-order valence-corrected chi connectivity index (χ4v) is 4.21. The Bertz CT molecular complexity index is 1400. The summed E-state index contributed by atoms with van der Waals surface area (Å²) >= 11 is 1.50. The smallest absolute Gasteiger partial charge is 0.394 e. The van der Waals surface area contributed by atoms with Crippen LogP contribution in [0.5, 0.6) is 0 Å². The number of thioether (sulfide) groups is 1. The summed E-state index contributed by atoms with van der Waals surface area (Å²) in [6.07, 6.45) is -2.60. The number of benzene rings is 2. The lowest BCUT2D eigenvalue weighted by atomic mass is 10.1. The van der Waals surface area contributed by atoms with Gasteiger partial charge in [0.05, 0.1) is 36.2 Å². The van der Waals surface area contributed by atoms with Crippen molar-refractivity contribution in [2.45, 2.75) is 17.1 Å². The van der Waals surface area contributed by atoms with E-state index in [2.05, 4.69) is 15.3 Å². The summed E-state index contributed by atoms with van der Waals surface area (Å²) in [6, 6.07) is 13.8. The number of rotatable bonds is 7. The van der Waals surface area contributed by atoms with E-state index in [0.717, 1.165) is 22.6 Å². The van der Waals surface area contributed by atoms with Crippen LogP contribution in [0.2, 0.25) is 0 Å². The number of fused-ring (bicyclic) bond motifs is 1. The molecule has 2 heterocycles. The molecule has 0 amide bonds. The second-order valence-electron chi connectivity index (χ2n) is 7.59. The van der Waals surface area contributed by atoms with Gasteiger partial charge >= 0.3 is 6.18 Å². The lowest BCUT2D eigenvalue weighted by molar-refractivity contribution is -0.137. The van der Waals surface area contributed by atoms with Crippen molar-refractivity contribution in [3.8, 4) is 16.9 Å². The molecule has 0 atom stereocenters. The molecule has 2 aromatic heterocycles. The summed E-state index contributed by atoms with van der Waals surface area (Å²) in [5.41, 5.74) is 0.274. The van der Waals surface area contributed by atoms with Gasteiger partial charge in [0.2, 0.25) is 5.95 Å². The number of hydrogen-bond donors (Lipinski definition) is 3. The standard InChI is InChI=1S/C24H21F3N4O3S/c1-35-19-5-3-2-4-17(19)21-18-10-11-20(34)31(16-8-6-14(7-9-16)24(25,26)27)22(18)30-23(29-21)28-15(12-32)13-33/h2-11,15,32-33H,12-13H2,1H3,(H,28,29,30). The number of nitrogens with one attached hydrogen (secondary N) is 1. The van der Waals surface area contributed by atoms with E-state index < -0.39 is 36.6 Å². The molecule has 0 aliphatic heterocycles. The third-order valence-corrected chi connectivity index (χ3v) is 6.14. The normalized spacial score (nSPS) is 11.9. The first-order valence-electron chi connectivity index (χ1n) is 10.5. The van der Waals surface area contributed by atoms with E-state index in [9.17, 15) is 28.2 Å². The highest BCUT2D eigenvalue weighted by atomic mass is 32.2. The van der Waals surface area contributed by atoms with Crippen molar-refractivity contribution >= 4 is 28.7 Å². The maximum atomic E-state index is 13.1. The van der Waals surface area contributed by atoms with Crippen LogP contribution < -0.4 is 10.9 Å². The summed E-state index contributed by atoms with van der Waals surface area (Å²) in [5.74, 6) is 0.0442. The average molecular weight is 503 g/mol. The molecule has 0 aliphatic carbocycles. The van der Waals surface area contributed by atoms with Crippen molar-refractivity contribution in [2.24, 2.45) is 0 Å². The second-order valence-corrected chi connectivity index (χ2v) is 8.44. The van der Waals surface area contributed by atoms with Crippen molar-refractivity contribution < 1.29 is 23.4 Å². The van der Waals surface area contributed by atoms with Crippen molar-refractivity contribution in [2.75, 3.05) is 24.8 Å². The van der Waals surface area contributed by atoms with Crippen LogP contribution in [0, 0.1) is 0 Å². The molecule has 0 aliphatic rings. The van der Waals surface area contributed by atoms with E-state index in [1.807, 2.05) is 30.5 Å². The Hall–Kier alpha value is -3.41. The summed E-state index contributed by atoms with van der Waals surface area (Å²) < 4.78 is 40.4. The lowest BCUT2D eigenvalue weighted by Crippen LogP contribution is -2.29. The van der Waals surface area contributed by atoms with Gasteiger partial charge in [0.15, 0.2) is 5.65 Å². The van der Waals surface area contributed by atoms with Crippen LogP contribution in [0.15, 0.2) is 70.4 Å². The highest BCUT2D eigenvalue weighted by Gasteiger charge is 2.30. The summed E-state index contributed by atoms with van der Waals surface area (Å²) in [5, 5.41) is 22.4. The SMILES string of the molecule is CSc1ccccc1-c1nc(NC(CO)CO)nc2c1ccc(=O)n2-c1ccc(C(F)(F)F)cc1. The van der Waals surface area contributed by atoms with Gasteiger partial charge in [0.1, 0.15) is 0 Å². The molecule has 0 unspecified atom stereocenters. The van der Waals surface area contributed by atoms with Gasteiger partial charge in [-0.25, -0.2) is 4.98 Å². The quantitative estimate of drug-likeness (QED) is 0.329. The third-order valence-electron chi connectivity index (χ3n) is 5.34. The highest BCUT2D eigenvalue weighted by Crippen LogP contribution is 2.34. The molecule has 0 bridgehead atoms. The van der Waals surface area contributed by atoms with Gasteiger partial charge < -0.3 is 15.5 Å². The third kappa shape index (κ3) is 5.02. The molecule has 35 heavy (non-hydrogen) atoms. The van der Waals surface area contributed by atoms with E-state index in [1.54, 1.807) is 6.07 Å². The van der Waals surface area contributed by atoms with Crippen molar-refractivity contribution in [3.05, 3.63) is 76.6 Å². The monoisotopic (exact) mass is 502 g/mol. The minimum Gasteiger partial charge on any atom is -0.394 e. The zero-order chi connectivity index (χ0) is 25.2. The number of pyridine rings is 1. The Morgan fingerprint density at radius 1 is 1.00 bits per heavy atom. The molecule has 0 spiro atoms. The van der Waals surface area contributed by atoms with Crippen molar-refractivity contribution in [3.63, 3.8) is 0 Å². The molecule has 4 rings (SSSR count). The maximum absolute atomic E-state index is 13.1. The van der Waals surface area contributed by atoms with E-state index in [1.165, 1.54) is 34.5 Å². The molecule has 7 nitrogen and oxygen atoms in total. The zero-order valence-corrected chi connectivity index (χ0v) is 19.3. The van der Waals surface area contributed by atoms with Gasteiger partial charge in [-0.3, -0.25) is 9.36 Å². The molecule has 0 fully saturated rings. The fraction of sp³-hybridized carbons (Fsp3) is 0.208. The Kier molecular flexibility index (Phi) is 7.10. The largest absolute Gasteiger partial charge is 0.416 e. The van der Waals surface area contributed by atoms with Crippen LogP contribution >= 0.6 is 11.8 Å². The van der Waals surface area contributed by atoms with Crippen molar-refractivity contribution in [1.29, 1.82) is 0 Å². The summed E-state index contributed by atoms with van der Waals surface area (Å²) in [6.45, 7) is -0.787. The number of aromatic nitrogens is 3. The molecule has 0 radical (unpaired) electrons. The van der Waals surface area contributed by atoms with E-state index in [-0.39, 0.29) is 17.3 Å². The number of anilines is 1. The first-order chi connectivity index (χ1) is 16.8. The van der Waals surface area contributed by atoms with Gasteiger partial charge in [-0.2, -0.15) is 18.2 Å². The Labute approximate surface area is 202 Å². The van der Waals surface area contributed by atoms with E-state index in [4.69, 9.17) is 0 Å². The van der Waals surface area contributed by atoms with Gasteiger partial charge in [-0.15, -0.1) is 11.8 Å². The average Bonchev–Trinajstić information content (AvgIpc) is 2.86. The number of hydrogen-bond acceptors (Lipinski definition) is 7. The molecule has 0 saturated carbocycles. The predicted molar refractivity (Wildman–Crippen MR) is 129 cm³/mol. The number of nitrogens with zero attached hydrogens (tertiary/aromatic N) is 3. The molecule has 0 saturated heterocycles. The predicted octanol–water partition coefficient (Wildman–Crippen LogP) is 3.95. The molecular weight excluding hydrogens is 481 g/mol. The fourth-order valence-electron chi connectivity index (χ4n) is 3.61. The Morgan fingerprint density at radius 2 is 1.69 bits per heavy atom. The minimum absolute atomic E-state index is 0.0442. The number of aliphatic hydroxyl groups is 2. The van der Waals surface area contributed by atoms with Crippen LogP contribution in [-0.2, 0) is 6.18 Å². The zero-order valence-electron chi connectivity index (χ0n) is 18.5. The molecule has 4 aromatic rings. The topological polar surface area (TPSA) is 100 Å². The molecule has 2 aromatic carbocycles. The first kappa shape index (κ1) is 24.7. The first-order valence-corrected chi connectivity index (χ1v) is 11.7. The molecule has 182 valence electrons. The van der Waals surface area contributed by atoms with E-state index >= 15 is 0 Å². The lowest BCUT2D eigenvalue weighted by Gasteiger charge is -2.18. The Morgan fingerprint density at radius 3 is 2.31 bits per heavy atom. The van der Waals surface area contributed by atoms with Gasteiger partial charge in [0.25, 0.3) is 5.56 Å². The number of halogens is 3. The highest BCUT2D eigenvalue weighted by molar-refractivity contribution is 7.98. The van der Waals surface area contributed by atoms with Gasteiger partial charge in [-0.1, -0.05) is 18.2 Å². The van der Waals surface area contributed by atoms with Crippen LogP contribution in [-0.4, -0.2) is 50.3 Å². The van der Waals surface area contributed by atoms with E-state index in [0.29, 0.717) is 11.1 Å². The summed E-state index contributed by atoms with van der Waals surface area (Å²) in [7, 11) is 0. The number of alkyl halides is 3. The van der Waals surface area contributed by atoms with Gasteiger partial charge in [0, 0.05) is 21.9 Å². The molecule has 11 heteroatoms. The maximum Gasteiger partial charge on any atom is 0.416 e. The van der Waals surface area contributed by atoms with Crippen LogP contribution in [0.3, 0.4) is 0 Å². The van der Waals surface area contributed by atoms with Crippen LogP contribution in [0.1, 0.15) is 5.56 Å². The summed E-state index contributed by atoms with van der Waals surface area (Å²) in [4.78, 5) is 22.9. The van der Waals surface area contributed by atoms with Crippen LogP contribution in [0.25, 0.3) is 28.0 Å². The van der Waals surface area contributed by atoms with Crippen LogP contribution in [0.4, 0.5) is 19.1 Å². The van der Waals surface area contributed by atoms with Crippen molar-refractivity contribution in [1.82, 2.24) is 14.5 Å². The number of aliphatic hydroxyl groups excluding tert-OH is 2. The Balaban J connectivity index is 2.01. The second kappa shape index (κ2) is 10.1.